The maximum Gasteiger partial charge on any atom is 0.230 e. The van der Waals surface area contributed by atoms with Crippen LogP contribution < -0.4 is 5.32 Å². The zero-order chi connectivity index (χ0) is 20.2. The Morgan fingerprint density at radius 2 is 2.00 bits per heavy atom. The summed E-state index contributed by atoms with van der Waals surface area (Å²) in [7, 11) is 0. The number of benzene rings is 1. The van der Waals surface area contributed by atoms with Gasteiger partial charge in [-0.2, -0.15) is 0 Å². The first-order valence-electron chi connectivity index (χ1n) is 9.49. The van der Waals surface area contributed by atoms with Gasteiger partial charge in [-0.15, -0.1) is 16.4 Å². The number of nitrogens with one attached hydrogen (secondary N) is 1. The zero-order valence-corrected chi connectivity index (χ0v) is 17.2. The van der Waals surface area contributed by atoms with Crippen molar-refractivity contribution in [3.63, 3.8) is 0 Å². The van der Waals surface area contributed by atoms with Gasteiger partial charge in [-0.05, 0) is 42.0 Å². The highest BCUT2D eigenvalue weighted by molar-refractivity contribution is 7.13. The van der Waals surface area contributed by atoms with Gasteiger partial charge in [-0.1, -0.05) is 12.1 Å². The van der Waals surface area contributed by atoms with Crippen molar-refractivity contribution in [2.75, 3.05) is 18.4 Å². The van der Waals surface area contributed by atoms with Gasteiger partial charge in [0.05, 0.1) is 30.0 Å². The van der Waals surface area contributed by atoms with Gasteiger partial charge >= 0.3 is 0 Å². The Hall–Kier alpha value is -2.69. The smallest absolute Gasteiger partial charge is 0.230 e. The Morgan fingerprint density at radius 3 is 2.69 bits per heavy atom. The predicted molar refractivity (Wildman–Crippen MR) is 109 cm³/mol. The monoisotopic (exact) mass is 413 g/mol. The number of aromatic nitrogens is 5. The van der Waals surface area contributed by atoms with E-state index in [9.17, 15) is 4.79 Å². The Kier molecular flexibility index (Phi) is 5.93. The topological polar surface area (TPSA) is 98.1 Å². The minimum absolute atomic E-state index is 0.0883. The largest absolute Gasteiger partial charge is 0.373 e. The van der Waals surface area contributed by atoms with Crippen molar-refractivity contribution < 1.29 is 9.53 Å². The van der Waals surface area contributed by atoms with Gasteiger partial charge in [0.2, 0.25) is 5.91 Å². The summed E-state index contributed by atoms with van der Waals surface area (Å²) in [5, 5.41) is 16.6. The van der Waals surface area contributed by atoms with Crippen molar-refractivity contribution in [2.45, 2.75) is 39.0 Å². The summed E-state index contributed by atoms with van der Waals surface area (Å²) in [5.74, 6) is -0.0883. The maximum absolute atomic E-state index is 12.4. The number of ether oxygens (including phenoxy) is 1. The minimum atomic E-state index is -0.0883. The molecule has 0 aliphatic carbocycles. The SMILES string of the molecule is CC1CN(Cc2csc(NC(=O)Cc3ccc(-n4cnnn4)cc3)n2)CC(C)O1. The molecule has 2 aromatic heterocycles. The van der Waals surface area contributed by atoms with Crippen molar-refractivity contribution in [3.05, 3.63) is 47.2 Å². The molecule has 0 radical (unpaired) electrons. The van der Waals surface area contributed by atoms with E-state index >= 15 is 0 Å². The van der Waals surface area contributed by atoms with Crippen LogP contribution >= 0.6 is 11.3 Å². The van der Waals surface area contributed by atoms with Crippen LogP contribution in [0.5, 0.6) is 0 Å². The fraction of sp³-hybridized carbons (Fsp3) is 0.421. The summed E-state index contributed by atoms with van der Waals surface area (Å²) in [6, 6.07) is 7.55. The molecule has 152 valence electrons. The molecule has 2 unspecified atom stereocenters. The second-order valence-electron chi connectivity index (χ2n) is 7.24. The molecule has 1 amide bonds. The van der Waals surface area contributed by atoms with Crippen LogP contribution in [0.2, 0.25) is 0 Å². The number of nitrogens with zero attached hydrogens (tertiary/aromatic N) is 6. The third kappa shape index (κ3) is 5.22. The highest BCUT2D eigenvalue weighted by Crippen LogP contribution is 2.19. The van der Waals surface area contributed by atoms with Gasteiger partial charge in [0.1, 0.15) is 6.33 Å². The summed E-state index contributed by atoms with van der Waals surface area (Å²) in [6.45, 7) is 6.73. The third-order valence-corrected chi connectivity index (χ3v) is 5.40. The van der Waals surface area contributed by atoms with E-state index in [-0.39, 0.29) is 24.5 Å². The van der Waals surface area contributed by atoms with Crippen LogP contribution in [0.4, 0.5) is 5.13 Å². The predicted octanol–water partition coefficient (Wildman–Crippen LogP) is 1.91. The highest BCUT2D eigenvalue weighted by Gasteiger charge is 2.22. The van der Waals surface area contributed by atoms with E-state index in [1.165, 1.54) is 17.7 Å². The summed E-state index contributed by atoms with van der Waals surface area (Å²) in [5.41, 5.74) is 2.72. The Labute approximate surface area is 172 Å². The molecule has 1 saturated heterocycles. The first-order chi connectivity index (χ1) is 14.0. The first kappa shape index (κ1) is 19.6. The lowest BCUT2D eigenvalue weighted by Gasteiger charge is -2.34. The number of thiazole rings is 1. The van der Waals surface area contributed by atoms with Crippen molar-refractivity contribution in [2.24, 2.45) is 0 Å². The van der Waals surface area contributed by atoms with Gasteiger partial charge < -0.3 is 10.1 Å². The molecular weight excluding hydrogens is 390 g/mol. The van der Waals surface area contributed by atoms with E-state index in [4.69, 9.17) is 4.74 Å². The van der Waals surface area contributed by atoms with Crippen LogP contribution in [0.25, 0.3) is 5.69 Å². The summed E-state index contributed by atoms with van der Waals surface area (Å²) in [4.78, 5) is 19.3. The van der Waals surface area contributed by atoms with Gasteiger partial charge in [-0.3, -0.25) is 9.69 Å². The number of hydrogen-bond donors (Lipinski definition) is 1. The van der Waals surface area contributed by atoms with Crippen LogP contribution in [0.3, 0.4) is 0 Å². The van der Waals surface area contributed by atoms with Gasteiger partial charge in [0.25, 0.3) is 0 Å². The molecule has 0 bridgehead atoms. The molecule has 1 aliphatic heterocycles. The van der Waals surface area contributed by atoms with Gasteiger partial charge in [-0.25, -0.2) is 9.67 Å². The quantitative estimate of drug-likeness (QED) is 0.659. The van der Waals surface area contributed by atoms with Gasteiger partial charge in [0, 0.05) is 25.0 Å². The molecule has 10 heteroatoms. The second-order valence-corrected chi connectivity index (χ2v) is 8.10. The standard InChI is InChI=1S/C19H23N7O2S/c1-13-8-25(9-14(2)28-13)10-16-11-29-19(21-16)22-18(27)7-15-3-5-17(6-4-15)26-12-20-23-24-26/h3-6,11-14H,7-10H2,1-2H3,(H,21,22,27). The van der Waals surface area contributed by atoms with E-state index in [2.05, 4.69) is 44.6 Å². The second kappa shape index (κ2) is 8.76. The lowest BCUT2D eigenvalue weighted by molar-refractivity contribution is -0.115. The number of tetrazole rings is 1. The lowest BCUT2D eigenvalue weighted by Crippen LogP contribution is -2.44. The number of anilines is 1. The Balaban J connectivity index is 1.30. The molecule has 0 saturated carbocycles. The number of rotatable bonds is 6. The van der Waals surface area contributed by atoms with Gasteiger partial charge in [0.15, 0.2) is 5.13 Å². The van der Waals surface area contributed by atoms with Crippen LogP contribution in [-0.2, 0) is 22.5 Å². The Bertz CT molecular complexity index is 932. The number of hydrogen-bond acceptors (Lipinski definition) is 8. The molecule has 4 rings (SSSR count). The first-order valence-corrected chi connectivity index (χ1v) is 10.4. The fourth-order valence-corrected chi connectivity index (χ4v) is 4.19. The lowest BCUT2D eigenvalue weighted by atomic mass is 10.1. The molecule has 1 fully saturated rings. The van der Waals surface area contributed by atoms with Crippen LogP contribution in [0.15, 0.2) is 36.0 Å². The Morgan fingerprint density at radius 1 is 1.24 bits per heavy atom. The van der Waals surface area contributed by atoms with E-state index in [0.29, 0.717) is 5.13 Å². The normalized spacial score (nSPS) is 19.9. The van der Waals surface area contributed by atoms with E-state index in [1.54, 1.807) is 4.68 Å². The number of amides is 1. The molecule has 0 spiro atoms. The average molecular weight is 414 g/mol. The van der Waals surface area contributed by atoms with Crippen molar-refractivity contribution in [1.82, 2.24) is 30.1 Å². The summed E-state index contributed by atoms with van der Waals surface area (Å²) >= 11 is 1.45. The highest BCUT2D eigenvalue weighted by atomic mass is 32.1. The molecule has 3 aromatic rings. The van der Waals surface area contributed by atoms with Crippen molar-refractivity contribution >= 4 is 22.4 Å². The molecule has 2 atom stereocenters. The molecule has 1 aliphatic rings. The van der Waals surface area contributed by atoms with Crippen molar-refractivity contribution in [1.29, 1.82) is 0 Å². The molecule has 29 heavy (non-hydrogen) atoms. The van der Waals surface area contributed by atoms with Crippen molar-refractivity contribution in [3.8, 4) is 5.69 Å². The number of carbonyl (C=O) groups is 1. The molecular formula is C19H23N7O2S. The molecule has 1 aromatic carbocycles. The van der Waals surface area contributed by atoms with E-state index < -0.39 is 0 Å². The van der Waals surface area contributed by atoms with Crippen LogP contribution in [-0.4, -0.2) is 61.3 Å². The maximum atomic E-state index is 12.4. The molecule has 3 heterocycles. The zero-order valence-electron chi connectivity index (χ0n) is 16.4. The van der Waals surface area contributed by atoms with Crippen LogP contribution in [0.1, 0.15) is 25.1 Å². The number of morpholine rings is 1. The molecule has 9 nitrogen and oxygen atoms in total. The third-order valence-electron chi connectivity index (χ3n) is 4.59. The minimum Gasteiger partial charge on any atom is -0.373 e. The summed E-state index contributed by atoms with van der Waals surface area (Å²) in [6.07, 6.45) is 2.26. The average Bonchev–Trinajstić information content (AvgIpc) is 3.34. The summed E-state index contributed by atoms with van der Waals surface area (Å²) < 4.78 is 7.34. The van der Waals surface area contributed by atoms with Crippen LogP contribution in [0, 0.1) is 0 Å². The number of carbonyl (C=O) groups excluding carboxylic acids is 1. The molecule has 1 N–H and O–H groups in total. The van der Waals surface area contributed by atoms with E-state index in [0.717, 1.165) is 36.6 Å². The fourth-order valence-electron chi connectivity index (χ4n) is 3.47. The van der Waals surface area contributed by atoms with E-state index in [1.807, 2.05) is 29.6 Å².